The minimum absolute atomic E-state index is 0.110. The van der Waals surface area contributed by atoms with E-state index in [1.165, 1.54) is 6.07 Å². The minimum atomic E-state index is -0.166. The van der Waals surface area contributed by atoms with Gasteiger partial charge < -0.3 is 10.5 Å². The van der Waals surface area contributed by atoms with Gasteiger partial charge in [-0.25, -0.2) is 4.39 Å². The number of nitrogens with two attached hydrogens (primary N) is 1. The van der Waals surface area contributed by atoms with E-state index >= 15 is 0 Å². The van der Waals surface area contributed by atoms with Gasteiger partial charge in [-0.2, -0.15) is 0 Å². The average Bonchev–Trinajstić information content (AvgIpc) is 2.71. The Morgan fingerprint density at radius 2 is 2.29 bits per heavy atom. The number of halogens is 1. The Bertz CT molecular complexity index is 397. The molecule has 2 N–H and O–H groups in total. The topological polar surface area (TPSA) is 38.5 Å². The number of likely N-dealkylation sites (tertiary alicyclic amines) is 1. The molecule has 1 fully saturated rings. The first-order chi connectivity index (χ1) is 8.15. The summed E-state index contributed by atoms with van der Waals surface area (Å²) in [6.07, 6.45) is 0.914. The molecule has 1 aliphatic rings. The van der Waals surface area contributed by atoms with Crippen molar-refractivity contribution < 1.29 is 9.13 Å². The molecule has 17 heavy (non-hydrogen) atoms. The monoisotopic (exact) mass is 238 g/mol. The van der Waals surface area contributed by atoms with Gasteiger partial charge in [-0.3, -0.25) is 4.90 Å². The van der Waals surface area contributed by atoms with Crippen LogP contribution in [0, 0.1) is 11.7 Å². The maximum atomic E-state index is 13.8. The average molecular weight is 238 g/mol. The molecule has 0 aliphatic carbocycles. The van der Waals surface area contributed by atoms with Gasteiger partial charge in [0.1, 0.15) is 11.6 Å². The van der Waals surface area contributed by atoms with Crippen molar-refractivity contribution in [3.8, 4) is 5.75 Å². The second kappa shape index (κ2) is 5.02. The molecule has 1 aliphatic heterocycles. The predicted molar refractivity (Wildman–Crippen MR) is 65.5 cm³/mol. The van der Waals surface area contributed by atoms with E-state index < -0.39 is 0 Å². The third kappa shape index (κ3) is 2.42. The van der Waals surface area contributed by atoms with Gasteiger partial charge in [-0.15, -0.1) is 0 Å². The van der Waals surface area contributed by atoms with E-state index in [2.05, 4.69) is 4.90 Å². The lowest BCUT2D eigenvalue weighted by Gasteiger charge is -2.20. The molecule has 1 aromatic rings. The molecule has 2 rings (SSSR count). The van der Waals surface area contributed by atoms with Crippen LogP contribution in [0.4, 0.5) is 4.39 Å². The zero-order valence-electron chi connectivity index (χ0n) is 10.3. The Hall–Kier alpha value is -1.13. The summed E-state index contributed by atoms with van der Waals surface area (Å²) in [6, 6.07) is 5.01. The lowest BCUT2D eigenvalue weighted by molar-refractivity contribution is 0.305. The smallest absolute Gasteiger partial charge is 0.128 e. The molecule has 0 spiro atoms. The third-order valence-electron chi connectivity index (χ3n) is 3.53. The molecular formula is C13H19FN2O. The first-order valence-electron chi connectivity index (χ1n) is 5.89. The molecule has 0 radical (unpaired) electrons. The summed E-state index contributed by atoms with van der Waals surface area (Å²) in [5, 5.41) is 0. The highest BCUT2D eigenvalue weighted by Crippen LogP contribution is 2.36. The molecule has 0 bridgehead atoms. The second-order valence-electron chi connectivity index (χ2n) is 4.68. The summed E-state index contributed by atoms with van der Waals surface area (Å²) in [5.41, 5.74) is 6.40. The van der Waals surface area contributed by atoms with E-state index in [1.54, 1.807) is 19.2 Å². The number of nitrogens with zero attached hydrogens (tertiary/aromatic N) is 1. The molecule has 0 aromatic heterocycles. The zero-order chi connectivity index (χ0) is 12.4. The van der Waals surface area contributed by atoms with Crippen molar-refractivity contribution in [2.45, 2.75) is 12.5 Å². The van der Waals surface area contributed by atoms with Crippen LogP contribution in [0.25, 0.3) is 0 Å². The van der Waals surface area contributed by atoms with Gasteiger partial charge in [0.25, 0.3) is 0 Å². The van der Waals surface area contributed by atoms with Crippen LogP contribution >= 0.6 is 0 Å². The van der Waals surface area contributed by atoms with Crippen molar-refractivity contribution in [3.05, 3.63) is 29.6 Å². The third-order valence-corrected chi connectivity index (χ3v) is 3.53. The Morgan fingerprint density at radius 3 is 2.88 bits per heavy atom. The second-order valence-corrected chi connectivity index (χ2v) is 4.68. The highest BCUT2D eigenvalue weighted by molar-refractivity contribution is 5.32. The van der Waals surface area contributed by atoms with E-state index in [-0.39, 0.29) is 11.9 Å². The number of methoxy groups -OCH3 is 1. The molecular weight excluding hydrogens is 219 g/mol. The van der Waals surface area contributed by atoms with Gasteiger partial charge in [0, 0.05) is 18.2 Å². The van der Waals surface area contributed by atoms with Gasteiger partial charge in [0.2, 0.25) is 0 Å². The van der Waals surface area contributed by atoms with Gasteiger partial charge in [0.05, 0.1) is 7.11 Å². The fourth-order valence-corrected chi connectivity index (χ4v) is 2.54. The largest absolute Gasteiger partial charge is 0.497 e. The van der Waals surface area contributed by atoms with Crippen LogP contribution in [0.5, 0.6) is 5.75 Å². The molecule has 0 amide bonds. The first-order valence-corrected chi connectivity index (χ1v) is 5.89. The normalized spacial score (nSPS) is 25.2. The van der Waals surface area contributed by atoms with Crippen LogP contribution in [0.15, 0.2) is 18.2 Å². The van der Waals surface area contributed by atoms with Gasteiger partial charge in [-0.1, -0.05) is 0 Å². The van der Waals surface area contributed by atoms with Crippen molar-refractivity contribution >= 4 is 0 Å². The Kier molecular flexibility index (Phi) is 3.64. The molecule has 1 aromatic carbocycles. The highest BCUT2D eigenvalue weighted by Gasteiger charge is 2.31. The summed E-state index contributed by atoms with van der Waals surface area (Å²) < 4.78 is 19.0. The number of hydrogen-bond acceptors (Lipinski definition) is 3. The maximum absolute atomic E-state index is 13.8. The highest BCUT2D eigenvalue weighted by atomic mass is 19.1. The molecule has 1 heterocycles. The van der Waals surface area contributed by atoms with E-state index in [0.717, 1.165) is 13.0 Å². The van der Waals surface area contributed by atoms with Crippen molar-refractivity contribution in [2.24, 2.45) is 11.7 Å². The number of benzene rings is 1. The first kappa shape index (κ1) is 12.3. The van der Waals surface area contributed by atoms with Crippen LogP contribution in [0.3, 0.4) is 0 Å². The molecule has 1 saturated heterocycles. The molecule has 0 saturated carbocycles. The zero-order valence-corrected chi connectivity index (χ0v) is 10.3. The molecule has 4 heteroatoms. The SMILES string of the molecule is COc1ccc(F)c(C2CC(CN)CN2C)c1. The van der Waals surface area contributed by atoms with Crippen LogP contribution in [0.1, 0.15) is 18.0 Å². The van der Waals surface area contributed by atoms with Crippen LogP contribution < -0.4 is 10.5 Å². The fourth-order valence-electron chi connectivity index (χ4n) is 2.54. The van der Waals surface area contributed by atoms with E-state index in [9.17, 15) is 4.39 Å². The number of rotatable bonds is 3. The van der Waals surface area contributed by atoms with E-state index in [4.69, 9.17) is 10.5 Å². The van der Waals surface area contributed by atoms with Crippen LogP contribution in [-0.2, 0) is 0 Å². The number of ether oxygens (including phenoxy) is 1. The summed E-state index contributed by atoms with van der Waals surface area (Å²) in [4.78, 5) is 2.16. The predicted octanol–water partition coefficient (Wildman–Crippen LogP) is 1.79. The van der Waals surface area contributed by atoms with Crippen LogP contribution in [-0.4, -0.2) is 32.1 Å². The standard InChI is InChI=1S/C13H19FN2O/c1-16-8-9(7-15)5-13(16)11-6-10(17-2)3-4-12(11)14/h3-4,6,9,13H,5,7-8,15H2,1-2H3. The van der Waals surface area contributed by atoms with Crippen molar-refractivity contribution in [1.82, 2.24) is 4.90 Å². The Labute approximate surface area is 101 Å². The van der Waals surface area contributed by atoms with Crippen molar-refractivity contribution in [1.29, 1.82) is 0 Å². The Balaban J connectivity index is 2.27. The lowest BCUT2D eigenvalue weighted by atomic mass is 9.99. The quantitative estimate of drug-likeness (QED) is 0.872. The summed E-state index contributed by atoms with van der Waals surface area (Å²) >= 11 is 0. The lowest BCUT2D eigenvalue weighted by Crippen LogP contribution is -2.21. The minimum Gasteiger partial charge on any atom is -0.497 e. The molecule has 94 valence electrons. The van der Waals surface area contributed by atoms with Crippen LogP contribution in [0.2, 0.25) is 0 Å². The van der Waals surface area contributed by atoms with Gasteiger partial charge in [-0.05, 0) is 44.1 Å². The molecule has 2 unspecified atom stereocenters. The number of hydrogen-bond donors (Lipinski definition) is 1. The van der Waals surface area contributed by atoms with E-state index in [1.807, 2.05) is 7.05 Å². The van der Waals surface area contributed by atoms with Crippen molar-refractivity contribution in [3.63, 3.8) is 0 Å². The molecule has 3 nitrogen and oxygen atoms in total. The Morgan fingerprint density at radius 1 is 1.53 bits per heavy atom. The summed E-state index contributed by atoms with van der Waals surface area (Å²) in [6.45, 7) is 1.59. The van der Waals surface area contributed by atoms with Crippen molar-refractivity contribution in [2.75, 3.05) is 27.2 Å². The van der Waals surface area contributed by atoms with Gasteiger partial charge in [0.15, 0.2) is 0 Å². The molecule has 2 atom stereocenters. The van der Waals surface area contributed by atoms with E-state index in [0.29, 0.717) is 23.8 Å². The fraction of sp³-hybridized carbons (Fsp3) is 0.538. The summed E-state index contributed by atoms with van der Waals surface area (Å²) in [5.74, 6) is 0.988. The maximum Gasteiger partial charge on any atom is 0.128 e. The summed E-state index contributed by atoms with van der Waals surface area (Å²) in [7, 11) is 3.61. The van der Waals surface area contributed by atoms with Gasteiger partial charge >= 0.3 is 0 Å².